The molecule has 0 bridgehead atoms. The number of hydrogen-bond acceptors (Lipinski definition) is 4. The molecular formula is C14H15ClFN3O2. The summed E-state index contributed by atoms with van der Waals surface area (Å²) in [5, 5.41) is 6.65. The van der Waals surface area contributed by atoms with Gasteiger partial charge in [-0.15, -0.1) is 0 Å². The van der Waals surface area contributed by atoms with Crippen molar-refractivity contribution in [3.05, 3.63) is 46.4 Å². The number of benzene rings is 1. The van der Waals surface area contributed by atoms with Crippen LogP contribution in [-0.4, -0.2) is 29.6 Å². The molecule has 2 rings (SSSR count). The van der Waals surface area contributed by atoms with E-state index < -0.39 is 0 Å². The van der Waals surface area contributed by atoms with Crippen LogP contribution in [0.3, 0.4) is 0 Å². The Hall–Kier alpha value is -1.92. The number of rotatable bonds is 5. The minimum Gasteiger partial charge on any atom is -0.360 e. The molecule has 5 nitrogen and oxygen atoms in total. The summed E-state index contributed by atoms with van der Waals surface area (Å²) in [5.74, 6) is 0.400. The van der Waals surface area contributed by atoms with Crippen LogP contribution in [0.1, 0.15) is 11.3 Å². The normalized spacial score (nSPS) is 10.9. The van der Waals surface area contributed by atoms with Crippen molar-refractivity contribution in [2.75, 3.05) is 18.9 Å². The molecule has 1 aromatic heterocycles. The molecule has 0 spiro atoms. The predicted molar refractivity (Wildman–Crippen MR) is 77.6 cm³/mol. The number of nitrogens with zero attached hydrogens (tertiary/aromatic N) is 2. The van der Waals surface area contributed by atoms with E-state index in [2.05, 4.69) is 10.5 Å². The zero-order valence-corrected chi connectivity index (χ0v) is 12.4. The first-order chi connectivity index (χ1) is 9.94. The maximum atomic E-state index is 13.0. The second-order valence-electron chi connectivity index (χ2n) is 4.78. The van der Waals surface area contributed by atoms with Gasteiger partial charge >= 0.3 is 0 Å². The molecule has 0 atom stereocenters. The Morgan fingerprint density at radius 2 is 2.24 bits per heavy atom. The lowest BCUT2D eigenvalue weighted by atomic mass is 10.2. The summed E-state index contributed by atoms with van der Waals surface area (Å²) in [6, 6.07) is 5.83. The standard InChI is InChI=1S/C14H15ClFN3O2/c1-9-5-13(18-21-9)17-14(20)8-19(2)7-10-3-4-11(16)6-12(10)15/h3-6H,7-8H2,1-2H3,(H,17,18,20). The second-order valence-corrected chi connectivity index (χ2v) is 5.19. The smallest absolute Gasteiger partial charge is 0.239 e. The Labute approximate surface area is 126 Å². The van der Waals surface area contributed by atoms with E-state index >= 15 is 0 Å². The SMILES string of the molecule is Cc1cc(NC(=O)CN(C)Cc2ccc(F)cc2Cl)no1. The second kappa shape index (κ2) is 6.69. The number of likely N-dealkylation sites (N-methyl/N-ethyl adjacent to an activating group) is 1. The maximum absolute atomic E-state index is 13.0. The zero-order chi connectivity index (χ0) is 15.4. The molecule has 0 saturated carbocycles. The summed E-state index contributed by atoms with van der Waals surface area (Å²) in [6.07, 6.45) is 0. The predicted octanol–water partition coefficient (Wildman–Crippen LogP) is 2.85. The fourth-order valence-electron chi connectivity index (χ4n) is 1.85. The first-order valence-electron chi connectivity index (χ1n) is 6.29. The van der Waals surface area contributed by atoms with E-state index in [-0.39, 0.29) is 18.3 Å². The first-order valence-corrected chi connectivity index (χ1v) is 6.67. The number of amides is 1. The van der Waals surface area contributed by atoms with Crippen LogP contribution in [0.4, 0.5) is 10.2 Å². The van der Waals surface area contributed by atoms with Gasteiger partial charge in [-0.2, -0.15) is 0 Å². The van der Waals surface area contributed by atoms with E-state index in [0.717, 1.165) is 5.56 Å². The van der Waals surface area contributed by atoms with Crippen LogP contribution in [0, 0.1) is 12.7 Å². The van der Waals surface area contributed by atoms with Gasteiger partial charge in [0.2, 0.25) is 5.91 Å². The number of hydrogen-bond donors (Lipinski definition) is 1. The van der Waals surface area contributed by atoms with E-state index in [0.29, 0.717) is 23.1 Å². The van der Waals surface area contributed by atoms with Crippen LogP contribution in [0.5, 0.6) is 0 Å². The van der Waals surface area contributed by atoms with Gasteiger partial charge in [-0.1, -0.05) is 22.8 Å². The van der Waals surface area contributed by atoms with Crippen LogP contribution in [0.2, 0.25) is 5.02 Å². The molecule has 1 amide bonds. The molecule has 112 valence electrons. The van der Waals surface area contributed by atoms with Crippen molar-refractivity contribution in [1.82, 2.24) is 10.1 Å². The van der Waals surface area contributed by atoms with Crippen molar-refractivity contribution in [3.8, 4) is 0 Å². The van der Waals surface area contributed by atoms with E-state index in [1.165, 1.54) is 12.1 Å². The van der Waals surface area contributed by atoms with Gasteiger partial charge in [0.05, 0.1) is 6.54 Å². The van der Waals surface area contributed by atoms with Crippen molar-refractivity contribution in [1.29, 1.82) is 0 Å². The summed E-state index contributed by atoms with van der Waals surface area (Å²) in [4.78, 5) is 13.6. The molecule has 1 aromatic carbocycles. The monoisotopic (exact) mass is 311 g/mol. The molecule has 1 N–H and O–H groups in total. The van der Waals surface area contributed by atoms with Crippen molar-refractivity contribution < 1.29 is 13.7 Å². The minimum absolute atomic E-state index is 0.152. The average molecular weight is 312 g/mol. The van der Waals surface area contributed by atoms with E-state index in [4.69, 9.17) is 16.1 Å². The molecule has 0 aliphatic rings. The zero-order valence-electron chi connectivity index (χ0n) is 11.7. The topological polar surface area (TPSA) is 58.4 Å². The van der Waals surface area contributed by atoms with E-state index in [1.54, 1.807) is 31.0 Å². The molecule has 7 heteroatoms. The number of anilines is 1. The van der Waals surface area contributed by atoms with Gasteiger partial charge in [0.15, 0.2) is 5.82 Å². The Kier molecular flexibility index (Phi) is 4.93. The van der Waals surface area contributed by atoms with Gasteiger partial charge in [0.25, 0.3) is 0 Å². The lowest BCUT2D eigenvalue weighted by Gasteiger charge is -2.16. The number of carbonyl (C=O) groups excluding carboxylic acids is 1. The molecule has 0 aliphatic heterocycles. The third-order valence-corrected chi connectivity index (χ3v) is 3.12. The third-order valence-electron chi connectivity index (χ3n) is 2.76. The van der Waals surface area contributed by atoms with E-state index in [1.807, 2.05) is 0 Å². The van der Waals surface area contributed by atoms with Gasteiger partial charge < -0.3 is 9.84 Å². The molecule has 2 aromatic rings. The average Bonchev–Trinajstić information content (AvgIpc) is 2.78. The highest BCUT2D eigenvalue weighted by Crippen LogP contribution is 2.18. The molecule has 0 radical (unpaired) electrons. The molecule has 0 fully saturated rings. The first kappa shape index (κ1) is 15.5. The van der Waals surface area contributed by atoms with E-state index in [9.17, 15) is 9.18 Å². The number of aryl methyl sites for hydroxylation is 1. The fourth-order valence-corrected chi connectivity index (χ4v) is 2.08. The van der Waals surface area contributed by atoms with Gasteiger partial charge in [0, 0.05) is 17.6 Å². The summed E-state index contributed by atoms with van der Waals surface area (Å²) >= 11 is 5.95. The van der Waals surface area contributed by atoms with Crippen LogP contribution in [-0.2, 0) is 11.3 Å². The fraction of sp³-hybridized carbons (Fsp3) is 0.286. The van der Waals surface area contributed by atoms with Gasteiger partial charge in [-0.05, 0) is 31.7 Å². The largest absolute Gasteiger partial charge is 0.360 e. The van der Waals surface area contributed by atoms with Crippen molar-refractivity contribution in [2.24, 2.45) is 0 Å². The number of aromatic nitrogens is 1. The van der Waals surface area contributed by atoms with Crippen LogP contribution in [0.25, 0.3) is 0 Å². The number of carbonyl (C=O) groups is 1. The van der Waals surface area contributed by atoms with Crippen molar-refractivity contribution >= 4 is 23.3 Å². The lowest BCUT2D eigenvalue weighted by Crippen LogP contribution is -2.30. The highest BCUT2D eigenvalue weighted by molar-refractivity contribution is 6.31. The van der Waals surface area contributed by atoms with Crippen LogP contribution in [0.15, 0.2) is 28.8 Å². The minimum atomic E-state index is -0.384. The van der Waals surface area contributed by atoms with Crippen molar-refractivity contribution in [3.63, 3.8) is 0 Å². The Balaban J connectivity index is 1.89. The lowest BCUT2D eigenvalue weighted by molar-refractivity contribution is -0.117. The maximum Gasteiger partial charge on any atom is 0.239 e. The van der Waals surface area contributed by atoms with Crippen molar-refractivity contribution in [2.45, 2.75) is 13.5 Å². The van der Waals surface area contributed by atoms with Gasteiger partial charge in [0.1, 0.15) is 11.6 Å². The quantitative estimate of drug-likeness (QED) is 0.922. The molecule has 0 aliphatic carbocycles. The van der Waals surface area contributed by atoms with Gasteiger partial charge in [-0.3, -0.25) is 9.69 Å². The van der Waals surface area contributed by atoms with Crippen LogP contribution < -0.4 is 5.32 Å². The highest BCUT2D eigenvalue weighted by atomic mass is 35.5. The summed E-state index contributed by atoms with van der Waals surface area (Å²) in [7, 11) is 1.77. The summed E-state index contributed by atoms with van der Waals surface area (Å²) < 4.78 is 17.8. The molecule has 0 unspecified atom stereocenters. The number of halogens is 2. The Morgan fingerprint density at radius 3 is 2.86 bits per heavy atom. The summed E-state index contributed by atoms with van der Waals surface area (Å²) in [6.45, 7) is 2.33. The third kappa shape index (κ3) is 4.54. The molecule has 1 heterocycles. The summed E-state index contributed by atoms with van der Waals surface area (Å²) in [5.41, 5.74) is 0.755. The highest BCUT2D eigenvalue weighted by Gasteiger charge is 2.11. The van der Waals surface area contributed by atoms with Gasteiger partial charge in [-0.25, -0.2) is 4.39 Å². The number of nitrogens with one attached hydrogen (secondary N) is 1. The Morgan fingerprint density at radius 1 is 1.48 bits per heavy atom. The van der Waals surface area contributed by atoms with Crippen LogP contribution >= 0.6 is 11.6 Å². The molecule has 21 heavy (non-hydrogen) atoms. The Bertz CT molecular complexity index is 645. The molecule has 0 saturated heterocycles. The molecular weight excluding hydrogens is 297 g/mol.